The van der Waals surface area contributed by atoms with Crippen LogP contribution in [-0.2, 0) is 9.47 Å². The molecule has 0 unspecified atom stereocenters. The van der Waals surface area contributed by atoms with Crippen molar-refractivity contribution in [3.8, 4) is 0 Å². The maximum atomic E-state index is 11.4. The smallest absolute Gasteiger partial charge is 0.183 e. The van der Waals surface area contributed by atoms with E-state index in [1.54, 1.807) is 6.07 Å². The average molecular weight is 230 g/mol. The Bertz CT molecular complexity index is 364. The molecule has 0 amide bonds. The average Bonchev–Trinajstić information content (AvgIpc) is 2.19. The van der Waals surface area contributed by atoms with Crippen LogP contribution in [0.25, 0.3) is 0 Å². The third kappa shape index (κ3) is 2.53. The summed E-state index contributed by atoms with van der Waals surface area (Å²) in [7, 11) is 2.98. The molecule has 0 saturated carbocycles. The molecule has 0 aliphatic heterocycles. The minimum absolute atomic E-state index is 0.165. The van der Waals surface area contributed by atoms with Gasteiger partial charge in [-0.3, -0.25) is 4.79 Å². The number of aromatic nitrogens is 1. The van der Waals surface area contributed by atoms with Crippen molar-refractivity contribution in [3.05, 3.63) is 28.5 Å². The second kappa shape index (κ2) is 5.21. The maximum Gasteiger partial charge on any atom is 0.183 e. The highest BCUT2D eigenvalue weighted by atomic mass is 35.5. The topological polar surface area (TPSA) is 48.4 Å². The first-order valence-corrected chi connectivity index (χ1v) is 4.70. The Kier molecular flexibility index (Phi) is 4.20. The molecule has 0 spiro atoms. The molecule has 5 heteroatoms. The maximum absolute atomic E-state index is 11.4. The van der Waals surface area contributed by atoms with Gasteiger partial charge in [0.05, 0.1) is 5.56 Å². The zero-order valence-corrected chi connectivity index (χ0v) is 9.54. The number of rotatable bonds is 4. The van der Waals surface area contributed by atoms with Crippen LogP contribution in [0.15, 0.2) is 12.3 Å². The molecule has 0 radical (unpaired) electrons. The zero-order chi connectivity index (χ0) is 11.4. The molecule has 1 aromatic heterocycles. The number of nitrogens with zero attached hydrogens (tertiary/aromatic N) is 1. The van der Waals surface area contributed by atoms with E-state index in [1.165, 1.54) is 27.3 Å². The van der Waals surface area contributed by atoms with Crippen molar-refractivity contribution >= 4 is 17.4 Å². The molecule has 1 heterocycles. The quantitative estimate of drug-likeness (QED) is 0.451. The van der Waals surface area contributed by atoms with E-state index >= 15 is 0 Å². The lowest BCUT2D eigenvalue weighted by Gasteiger charge is -2.16. The van der Waals surface area contributed by atoms with Gasteiger partial charge in [-0.25, -0.2) is 4.98 Å². The minimum Gasteiger partial charge on any atom is -0.352 e. The number of hydrogen-bond donors (Lipinski definition) is 0. The molecule has 0 atom stereocenters. The van der Waals surface area contributed by atoms with Crippen LogP contribution in [0.5, 0.6) is 0 Å². The van der Waals surface area contributed by atoms with E-state index in [0.29, 0.717) is 11.1 Å². The number of ether oxygens (including phenoxy) is 2. The third-order valence-corrected chi connectivity index (χ3v) is 2.26. The predicted molar refractivity (Wildman–Crippen MR) is 56.0 cm³/mol. The lowest BCUT2D eigenvalue weighted by molar-refractivity contribution is -0.106. The molecule has 1 rings (SSSR count). The predicted octanol–water partition coefficient (Wildman–Crippen LogP) is 2.23. The Hall–Kier alpha value is -0.970. The van der Waals surface area contributed by atoms with Crippen LogP contribution in [0.2, 0.25) is 5.15 Å². The number of halogens is 1. The number of carbonyl (C=O) groups is 1. The van der Waals surface area contributed by atoms with Crippen LogP contribution in [0.4, 0.5) is 0 Å². The normalized spacial score (nSPS) is 10.7. The van der Waals surface area contributed by atoms with Gasteiger partial charge in [0.25, 0.3) is 0 Å². The van der Waals surface area contributed by atoms with Gasteiger partial charge in [-0.2, -0.15) is 0 Å². The van der Waals surface area contributed by atoms with Crippen molar-refractivity contribution in [2.75, 3.05) is 14.2 Å². The Balaban J connectivity index is 3.27. The Morgan fingerprint density at radius 1 is 1.47 bits per heavy atom. The fraction of sp³-hybridized carbons (Fsp3) is 0.400. The van der Waals surface area contributed by atoms with Crippen LogP contribution >= 0.6 is 11.6 Å². The lowest BCUT2D eigenvalue weighted by atomic mass is 10.1. The molecule has 0 aliphatic rings. The molecular weight excluding hydrogens is 218 g/mol. The van der Waals surface area contributed by atoms with Gasteiger partial charge in [0.15, 0.2) is 12.1 Å². The van der Waals surface area contributed by atoms with Gasteiger partial charge < -0.3 is 9.47 Å². The number of methoxy groups -OCH3 is 2. The number of pyridine rings is 1. The van der Waals surface area contributed by atoms with Crippen LogP contribution in [0, 0.1) is 0 Å². The summed E-state index contributed by atoms with van der Waals surface area (Å²) in [4.78, 5) is 15.2. The molecule has 0 bridgehead atoms. The Labute approximate surface area is 93.2 Å². The molecule has 0 fully saturated rings. The van der Waals surface area contributed by atoms with Crippen molar-refractivity contribution in [2.24, 2.45) is 0 Å². The van der Waals surface area contributed by atoms with E-state index in [2.05, 4.69) is 4.98 Å². The van der Waals surface area contributed by atoms with Crippen LogP contribution in [-0.4, -0.2) is 25.0 Å². The van der Waals surface area contributed by atoms with Crippen LogP contribution in [0.3, 0.4) is 0 Å². The number of ketones is 1. The second-order valence-electron chi connectivity index (χ2n) is 2.93. The van der Waals surface area contributed by atoms with Crippen molar-refractivity contribution in [1.82, 2.24) is 4.98 Å². The largest absolute Gasteiger partial charge is 0.352 e. The van der Waals surface area contributed by atoms with Gasteiger partial charge in [0.1, 0.15) is 5.15 Å². The van der Waals surface area contributed by atoms with E-state index in [-0.39, 0.29) is 10.9 Å². The van der Waals surface area contributed by atoms with Gasteiger partial charge in [0.2, 0.25) is 0 Å². The van der Waals surface area contributed by atoms with Gasteiger partial charge in [-0.1, -0.05) is 11.6 Å². The SMILES string of the molecule is COC(OC)c1ccnc(Cl)c1C(C)=O. The monoisotopic (exact) mass is 229 g/mol. The van der Waals surface area contributed by atoms with Crippen molar-refractivity contribution in [1.29, 1.82) is 0 Å². The first-order valence-electron chi connectivity index (χ1n) is 4.32. The fourth-order valence-electron chi connectivity index (χ4n) is 1.35. The molecule has 15 heavy (non-hydrogen) atoms. The number of carbonyl (C=O) groups excluding carboxylic acids is 1. The first kappa shape index (κ1) is 12.1. The van der Waals surface area contributed by atoms with Crippen molar-refractivity contribution in [2.45, 2.75) is 13.2 Å². The number of hydrogen-bond acceptors (Lipinski definition) is 4. The van der Waals surface area contributed by atoms with Gasteiger partial charge in [-0.15, -0.1) is 0 Å². The van der Waals surface area contributed by atoms with Crippen LogP contribution < -0.4 is 0 Å². The highest BCUT2D eigenvalue weighted by molar-refractivity contribution is 6.32. The van der Waals surface area contributed by atoms with E-state index in [1.807, 2.05) is 0 Å². The highest BCUT2D eigenvalue weighted by Gasteiger charge is 2.19. The molecule has 0 aromatic carbocycles. The molecule has 82 valence electrons. The molecule has 0 N–H and O–H groups in total. The Morgan fingerprint density at radius 2 is 2.07 bits per heavy atom. The van der Waals surface area contributed by atoms with E-state index in [0.717, 1.165) is 0 Å². The van der Waals surface area contributed by atoms with Crippen molar-refractivity contribution < 1.29 is 14.3 Å². The summed E-state index contributed by atoms with van der Waals surface area (Å²) in [5, 5.41) is 0.166. The molecular formula is C10H12ClNO3. The summed E-state index contributed by atoms with van der Waals surface area (Å²) >= 11 is 5.84. The number of Topliss-reactive ketones (excluding diaryl/α,β-unsaturated/α-hetero) is 1. The van der Waals surface area contributed by atoms with Gasteiger partial charge in [0, 0.05) is 26.0 Å². The summed E-state index contributed by atoms with van der Waals surface area (Å²) in [5.74, 6) is -0.165. The highest BCUT2D eigenvalue weighted by Crippen LogP contribution is 2.26. The summed E-state index contributed by atoms with van der Waals surface area (Å²) in [6, 6.07) is 1.65. The lowest BCUT2D eigenvalue weighted by Crippen LogP contribution is -2.10. The zero-order valence-electron chi connectivity index (χ0n) is 8.78. The molecule has 0 saturated heterocycles. The van der Waals surface area contributed by atoms with Crippen molar-refractivity contribution in [3.63, 3.8) is 0 Å². The summed E-state index contributed by atoms with van der Waals surface area (Å²) in [6.45, 7) is 1.43. The second-order valence-corrected chi connectivity index (χ2v) is 3.28. The minimum atomic E-state index is -0.607. The molecule has 0 aliphatic carbocycles. The van der Waals surface area contributed by atoms with E-state index < -0.39 is 6.29 Å². The standard InChI is InChI=1S/C10H12ClNO3/c1-6(13)8-7(10(14-2)15-3)4-5-12-9(8)11/h4-5,10H,1-3H3. The third-order valence-electron chi connectivity index (χ3n) is 1.97. The van der Waals surface area contributed by atoms with E-state index in [9.17, 15) is 4.79 Å². The van der Waals surface area contributed by atoms with E-state index in [4.69, 9.17) is 21.1 Å². The summed E-state index contributed by atoms with van der Waals surface area (Å²) < 4.78 is 10.1. The fourth-order valence-corrected chi connectivity index (χ4v) is 1.64. The van der Waals surface area contributed by atoms with Gasteiger partial charge >= 0.3 is 0 Å². The molecule has 1 aromatic rings. The molecule has 4 nitrogen and oxygen atoms in total. The summed E-state index contributed by atoms with van der Waals surface area (Å²) in [5.41, 5.74) is 0.931. The summed E-state index contributed by atoms with van der Waals surface area (Å²) in [6.07, 6.45) is 0.902. The van der Waals surface area contributed by atoms with Crippen LogP contribution in [0.1, 0.15) is 29.1 Å². The first-order chi connectivity index (χ1) is 7.11. The Morgan fingerprint density at radius 3 is 2.53 bits per heavy atom. The van der Waals surface area contributed by atoms with Gasteiger partial charge in [-0.05, 0) is 13.0 Å².